The third kappa shape index (κ3) is 5.47. The molecule has 2 aliphatic rings. The zero-order valence-corrected chi connectivity index (χ0v) is 22.2. The van der Waals surface area contributed by atoms with Crippen LogP contribution < -0.4 is 4.74 Å². The Hall–Kier alpha value is -2.38. The Morgan fingerprint density at radius 3 is 2.44 bits per heavy atom. The molecule has 7 heteroatoms. The number of halogens is 1. The molecule has 3 aromatic rings. The molecule has 1 saturated heterocycles. The Morgan fingerprint density at radius 1 is 1.00 bits per heavy atom. The number of rotatable bonds is 8. The van der Waals surface area contributed by atoms with E-state index in [1.54, 1.807) is 31.3 Å². The monoisotopic (exact) mass is 524 g/mol. The van der Waals surface area contributed by atoms with Gasteiger partial charge in [-0.25, -0.2) is 12.7 Å². The molecular weight excluding hydrogens is 492 g/mol. The van der Waals surface area contributed by atoms with Crippen molar-refractivity contribution in [2.75, 3.05) is 33.2 Å². The number of piperidine rings is 1. The quantitative estimate of drug-likeness (QED) is 0.384. The Balaban J connectivity index is 1.24. The van der Waals surface area contributed by atoms with Crippen LogP contribution in [0.4, 0.5) is 0 Å². The fourth-order valence-electron chi connectivity index (χ4n) is 5.47. The molecular formula is C29H33ClN2O3S. The lowest BCUT2D eigenvalue weighted by molar-refractivity contribution is 0.0186. The van der Waals surface area contributed by atoms with E-state index in [2.05, 4.69) is 23.1 Å². The maximum Gasteiger partial charge on any atom is 0.242 e. The summed E-state index contributed by atoms with van der Waals surface area (Å²) in [5, 5.41) is 0.670. The number of hydrogen-bond donors (Lipinski definition) is 0. The zero-order chi connectivity index (χ0) is 25.2. The van der Waals surface area contributed by atoms with Gasteiger partial charge in [-0.1, -0.05) is 60.1 Å². The minimum atomic E-state index is -3.57. The third-order valence-electron chi connectivity index (χ3n) is 7.62. The van der Waals surface area contributed by atoms with Crippen LogP contribution in [0.2, 0.25) is 5.02 Å². The second kappa shape index (κ2) is 10.5. The average Bonchev–Trinajstić information content (AvgIpc) is 3.25. The summed E-state index contributed by atoms with van der Waals surface area (Å²) >= 11 is 6.31. The minimum absolute atomic E-state index is 0.0371. The van der Waals surface area contributed by atoms with Crippen LogP contribution >= 0.6 is 11.6 Å². The summed E-state index contributed by atoms with van der Waals surface area (Å²) < 4.78 is 34.3. The molecule has 36 heavy (non-hydrogen) atoms. The van der Waals surface area contributed by atoms with E-state index in [9.17, 15) is 8.42 Å². The van der Waals surface area contributed by atoms with Gasteiger partial charge in [0.15, 0.2) is 0 Å². The van der Waals surface area contributed by atoms with E-state index in [-0.39, 0.29) is 11.5 Å². The molecule has 1 fully saturated rings. The summed E-state index contributed by atoms with van der Waals surface area (Å²) in [7, 11) is -1.90. The molecule has 190 valence electrons. The van der Waals surface area contributed by atoms with E-state index in [0.717, 1.165) is 56.6 Å². The zero-order valence-electron chi connectivity index (χ0n) is 20.6. The Kier molecular flexibility index (Phi) is 7.40. The molecule has 0 unspecified atom stereocenters. The van der Waals surface area contributed by atoms with E-state index in [0.29, 0.717) is 16.5 Å². The fourth-order valence-corrected chi connectivity index (χ4v) is 6.91. The predicted octanol–water partition coefficient (Wildman–Crippen LogP) is 5.60. The van der Waals surface area contributed by atoms with Crippen molar-refractivity contribution in [2.45, 2.75) is 42.1 Å². The number of likely N-dealkylation sites (tertiary alicyclic amines) is 1. The largest absolute Gasteiger partial charge is 0.487 e. The Labute approximate surface area is 219 Å². The summed E-state index contributed by atoms with van der Waals surface area (Å²) in [6, 6.07) is 24.8. The molecule has 5 rings (SSSR count). The summed E-state index contributed by atoms with van der Waals surface area (Å²) in [5.74, 6) is 1.07. The van der Waals surface area contributed by atoms with Gasteiger partial charge in [-0.2, -0.15) is 0 Å². The van der Waals surface area contributed by atoms with Gasteiger partial charge in [0, 0.05) is 51.0 Å². The van der Waals surface area contributed by atoms with Crippen LogP contribution in [0.1, 0.15) is 36.3 Å². The molecule has 1 spiro atoms. The van der Waals surface area contributed by atoms with Crippen LogP contribution in [0.15, 0.2) is 83.8 Å². The van der Waals surface area contributed by atoms with Gasteiger partial charge in [-0.3, -0.25) is 0 Å². The standard InChI is InChI=1S/C29H33ClN2O3S/c1-31(36(33,34)27-11-3-2-4-12-27)22-25(23-9-7-10-26(30)20-23)14-17-32-18-15-29(16-19-32)21-24-8-5-6-13-28(24)35-29/h2-13,20,25H,14-19,21-22H2,1H3/t25-/m1/s1. The van der Waals surface area contributed by atoms with Crippen LogP contribution in [-0.4, -0.2) is 56.5 Å². The van der Waals surface area contributed by atoms with E-state index in [1.165, 1.54) is 9.87 Å². The first kappa shape index (κ1) is 25.3. The number of ether oxygens (including phenoxy) is 1. The second-order valence-electron chi connectivity index (χ2n) is 10.1. The highest BCUT2D eigenvalue weighted by Gasteiger charge is 2.41. The normalized spacial score (nSPS) is 18.2. The highest BCUT2D eigenvalue weighted by atomic mass is 35.5. The molecule has 2 aliphatic heterocycles. The lowest BCUT2D eigenvalue weighted by Crippen LogP contribution is -2.47. The van der Waals surface area contributed by atoms with E-state index >= 15 is 0 Å². The highest BCUT2D eigenvalue weighted by Crippen LogP contribution is 2.41. The van der Waals surface area contributed by atoms with Crippen LogP contribution in [-0.2, 0) is 16.4 Å². The first-order chi connectivity index (χ1) is 17.3. The molecule has 3 aromatic carbocycles. The van der Waals surface area contributed by atoms with Crippen molar-refractivity contribution in [3.05, 3.63) is 95.0 Å². The number of nitrogens with zero attached hydrogens (tertiary/aromatic N) is 2. The summed E-state index contributed by atoms with van der Waals surface area (Å²) in [4.78, 5) is 2.80. The average molecular weight is 525 g/mol. The molecule has 2 heterocycles. The van der Waals surface area contributed by atoms with Crippen LogP contribution in [0.25, 0.3) is 0 Å². The Morgan fingerprint density at radius 2 is 1.72 bits per heavy atom. The number of sulfonamides is 1. The molecule has 0 amide bonds. The summed E-state index contributed by atoms with van der Waals surface area (Å²) in [6.45, 7) is 3.26. The van der Waals surface area contributed by atoms with Gasteiger partial charge in [-0.15, -0.1) is 0 Å². The van der Waals surface area contributed by atoms with Crippen molar-refractivity contribution < 1.29 is 13.2 Å². The lowest BCUT2D eigenvalue weighted by Gasteiger charge is -2.39. The first-order valence-electron chi connectivity index (χ1n) is 12.6. The van der Waals surface area contributed by atoms with Crippen molar-refractivity contribution in [3.63, 3.8) is 0 Å². The van der Waals surface area contributed by atoms with Gasteiger partial charge in [0.1, 0.15) is 11.4 Å². The second-order valence-corrected chi connectivity index (χ2v) is 12.5. The van der Waals surface area contributed by atoms with Crippen LogP contribution in [0, 0.1) is 0 Å². The molecule has 0 N–H and O–H groups in total. The molecule has 0 bridgehead atoms. The Bertz CT molecular complexity index is 1260. The molecule has 0 radical (unpaired) electrons. The maximum absolute atomic E-state index is 13.2. The van der Waals surface area contributed by atoms with E-state index in [4.69, 9.17) is 16.3 Å². The third-order valence-corrected chi connectivity index (χ3v) is 9.69. The first-order valence-corrected chi connectivity index (χ1v) is 14.4. The van der Waals surface area contributed by atoms with Crippen molar-refractivity contribution in [3.8, 4) is 5.75 Å². The van der Waals surface area contributed by atoms with Gasteiger partial charge in [0.25, 0.3) is 0 Å². The van der Waals surface area contributed by atoms with Gasteiger partial charge in [0.2, 0.25) is 10.0 Å². The van der Waals surface area contributed by atoms with Gasteiger partial charge in [-0.05, 0) is 60.3 Å². The van der Waals surface area contributed by atoms with Crippen molar-refractivity contribution >= 4 is 21.6 Å². The minimum Gasteiger partial charge on any atom is -0.487 e. The topological polar surface area (TPSA) is 49.9 Å². The predicted molar refractivity (Wildman–Crippen MR) is 144 cm³/mol. The number of para-hydroxylation sites is 1. The lowest BCUT2D eigenvalue weighted by atomic mass is 9.86. The smallest absolute Gasteiger partial charge is 0.242 e. The fraction of sp³-hybridized carbons (Fsp3) is 0.379. The highest BCUT2D eigenvalue weighted by molar-refractivity contribution is 7.89. The number of hydrogen-bond acceptors (Lipinski definition) is 4. The molecule has 0 aliphatic carbocycles. The van der Waals surface area contributed by atoms with Gasteiger partial charge < -0.3 is 9.64 Å². The number of benzene rings is 3. The molecule has 0 aromatic heterocycles. The number of fused-ring (bicyclic) bond motifs is 1. The van der Waals surface area contributed by atoms with Crippen molar-refractivity contribution in [1.82, 2.24) is 9.21 Å². The van der Waals surface area contributed by atoms with Crippen molar-refractivity contribution in [1.29, 1.82) is 0 Å². The van der Waals surface area contributed by atoms with E-state index in [1.807, 2.05) is 36.4 Å². The SMILES string of the molecule is CN(C[C@@H](CCN1CCC2(CC1)Cc1ccccc1O2)c1cccc(Cl)c1)S(=O)(=O)c1ccccc1. The maximum atomic E-state index is 13.2. The van der Waals surface area contributed by atoms with Crippen molar-refractivity contribution in [2.24, 2.45) is 0 Å². The van der Waals surface area contributed by atoms with Gasteiger partial charge in [0.05, 0.1) is 4.90 Å². The summed E-state index contributed by atoms with van der Waals surface area (Å²) in [5.41, 5.74) is 2.31. The summed E-state index contributed by atoms with van der Waals surface area (Å²) in [6.07, 6.45) is 3.85. The molecule has 0 saturated carbocycles. The van der Waals surface area contributed by atoms with E-state index < -0.39 is 10.0 Å². The molecule has 1 atom stereocenters. The van der Waals surface area contributed by atoms with Gasteiger partial charge >= 0.3 is 0 Å². The van der Waals surface area contributed by atoms with Crippen LogP contribution in [0.3, 0.4) is 0 Å². The molecule has 5 nitrogen and oxygen atoms in total. The van der Waals surface area contributed by atoms with Crippen LogP contribution in [0.5, 0.6) is 5.75 Å². The number of likely N-dealkylation sites (N-methyl/N-ethyl adjacent to an activating group) is 1.